The van der Waals surface area contributed by atoms with Crippen molar-refractivity contribution < 1.29 is 14.4 Å². The molecule has 1 unspecified atom stereocenters. The quantitative estimate of drug-likeness (QED) is 0.584. The van der Waals surface area contributed by atoms with Gasteiger partial charge in [-0.1, -0.05) is 0 Å². The Hall–Kier alpha value is -2.48. The van der Waals surface area contributed by atoms with Gasteiger partial charge in [-0.05, 0) is 12.5 Å². The van der Waals surface area contributed by atoms with E-state index in [0.29, 0.717) is 13.1 Å². The van der Waals surface area contributed by atoms with Crippen molar-refractivity contribution in [2.45, 2.75) is 18.9 Å². The zero-order valence-corrected chi connectivity index (χ0v) is 11.3. The summed E-state index contributed by atoms with van der Waals surface area (Å²) in [6.07, 6.45) is 1.72. The van der Waals surface area contributed by atoms with Gasteiger partial charge in [-0.3, -0.25) is 24.5 Å². The zero-order valence-electron chi connectivity index (χ0n) is 11.3. The lowest BCUT2D eigenvalue weighted by Gasteiger charge is -2.23. The lowest BCUT2D eigenvalue weighted by molar-refractivity contribution is -0.135. The molecule has 21 heavy (non-hydrogen) atoms. The van der Waals surface area contributed by atoms with Crippen molar-refractivity contribution in [1.82, 2.24) is 15.2 Å². The van der Waals surface area contributed by atoms with Gasteiger partial charge in [0.25, 0.3) is 11.5 Å². The van der Waals surface area contributed by atoms with Crippen molar-refractivity contribution in [3.63, 3.8) is 0 Å². The number of nitrogens with two attached hydrogens (primary N) is 1. The molecule has 0 spiro atoms. The molecule has 0 aromatic carbocycles. The lowest BCUT2D eigenvalue weighted by Crippen LogP contribution is -2.44. The molecular formula is C13H16N4O4. The third-order valence-corrected chi connectivity index (χ3v) is 3.18. The number of imide groups is 1. The molecule has 8 nitrogen and oxygen atoms in total. The van der Waals surface area contributed by atoms with Gasteiger partial charge in [-0.2, -0.15) is 0 Å². The number of nitrogens with zero attached hydrogens (tertiary/aromatic N) is 1. The highest BCUT2D eigenvalue weighted by atomic mass is 16.2. The van der Waals surface area contributed by atoms with E-state index in [-0.39, 0.29) is 30.2 Å². The van der Waals surface area contributed by atoms with Crippen LogP contribution in [0.3, 0.4) is 0 Å². The summed E-state index contributed by atoms with van der Waals surface area (Å²) in [4.78, 5) is 46.7. The first kappa shape index (κ1) is 14.9. The Labute approximate surface area is 120 Å². The first-order valence-corrected chi connectivity index (χ1v) is 6.57. The Balaban J connectivity index is 2.27. The van der Waals surface area contributed by atoms with Gasteiger partial charge in [0, 0.05) is 31.8 Å². The van der Waals surface area contributed by atoms with Crippen molar-refractivity contribution in [3.05, 3.63) is 34.2 Å². The summed E-state index contributed by atoms with van der Waals surface area (Å²) in [7, 11) is 0. The molecule has 8 heteroatoms. The average molecular weight is 292 g/mol. The number of amides is 3. The molecule has 112 valence electrons. The summed E-state index contributed by atoms with van der Waals surface area (Å²) < 4.78 is 1.18. The number of carbonyl (C=O) groups excluding carboxylic acids is 3. The van der Waals surface area contributed by atoms with Crippen LogP contribution in [-0.4, -0.2) is 35.4 Å². The van der Waals surface area contributed by atoms with Gasteiger partial charge in [0.2, 0.25) is 11.8 Å². The maximum Gasteiger partial charge on any atom is 0.252 e. The molecule has 1 aliphatic heterocycles. The number of hydrogen-bond acceptors (Lipinski definition) is 5. The normalized spacial score (nSPS) is 18.2. The first-order valence-electron chi connectivity index (χ1n) is 6.57. The second-order valence-electron chi connectivity index (χ2n) is 4.67. The summed E-state index contributed by atoms with van der Waals surface area (Å²) in [5.41, 5.74) is 5.16. The van der Waals surface area contributed by atoms with E-state index in [4.69, 9.17) is 5.73 Å². The van der Waals surface area contributed by atoms with Crippen molar-refractivity contribution in [2.24, 2.45) is 5.73 Å². The standard InChI is InChI=1S/C13H16N4O4/c14-5-6-15-12(20)8-1-4-11(19)17(7-8)9-2-3-10(18)16-13(9)21/h1,4,7,9H,2-3,5-6,14H2,(H,15,20)(H,16,18,21). The third-order valence-electron chi connectivity index (χ3n) is 3.18. The predicted octanol–water partition coefficient (Wildman–Crippen LogP) is -1.49. The van der Waals surface area contributed by atoms with Gasteiger partial charge in [0.15, 0.2) is 0 Å². The van der Waals surface area contributed by atoms with Crippen LogP contribution in [0.5, 0.6) is 0 Å². The van der Waals surface area contributed by atoms with E-state index >= 15 is 0 Å². The fourth-order valence-corrected chi connectivity index (χ4v) is 2.12. The van der Waals surface area contributed by atoms with E-state index in [1.165, 1.54) is 22.9 Å². The minimum Gasteiger partial charge on any atom is -0.351 e. The number of rotatable bonds is 4. The Bertz CT molecular complexity index is 637. The van der Waals surface area contributed by atoms with E-state index in [2.05, 4.69) is 10.6 Å². The Morgan fingerprint density at radius 2 is 2.14 bits per heavy atom. The van der Waals surface area contributed by atoms with Gasteiger partial charge in [-0.15, -0.1) is 0 Å². The fourth-order valence-electron chi connectivity index (χ4n) is 2.12. The molecular weight excluding hydrogens is 276 g/mol. The fraction of sp³-hybridized carbons (Fsp3) is 0.385. The number of piperidine rings is 1. The predicted molar refractivity (Wildman–Crippen MR) is 73.5 cm³/mol. The summed E-state index contributed by atoms with van der Waals surface area (Å²) >= 11 is 0. The van der Waals surface area contributed by atoms with Crippen LogP contribution in [0.4, 0.5) is 0 Å². The minimum absolute atomic E-state index is 0.159. The van der Waals surface area contributed by atoms with Crippen LogP contribution >= 0.6 is 0 Å². The summed E-state index contributed by atoms with van der Waals surface area (Å²) in [5, 5.41) is 4.77. The SMILES string of the molecule is NCCNC(=O)c1ccc(=O)n(C2CCC(=O)NC2=O)c1. The zero-order chi connectivity index (χ0) is 15.4. The average Bonchev–Trinajstić information content (AvgIpc) is 2.46. The highest BCUT2D eigenvalue weighted by Crippen LogP contribution is 2.16. The molecule has 0 saturated carbocycles. The van der Waals surface area contributed by atoms with Crippen molar-refractivity contribution in [3.8, 4) is 0 Å². The highest BCUT2D eigenvalue weighted by molar-refractivity contribution is 5.99. The van der Waals surface area contributed by atoms with Crippen LogP contribution in [0.2, 0.25) is 0 Å². The smallest absolute Gasteiger partial charge is 0.252 e. The summed E-state index contributed by atoms with van der Waals surface area (Å²) in [5.74, 6) is -1.27. The summed E-state index contributed by atoms with van der Waals surface area (Å²) in [6.45, 7) is 0.620. The number of carbonyl (C=O) groups is 3. The van der Waals surface area contributed by atoms with Crippen LogP contribution in [0, 0.1) is 0 Å². The largest absolute Gasteiger partial charge is 0.351 e. The molecule has 4 N–H and O–H groups in total. The van der Waals surface area contributed by atoms with Gasteiger partial charge < -0.3 is 15.6 Å². The van der Waals surface area contributed by atoms with Crippen LogP contribution in [0.25, 0.3) is 0 Å². The van der Waals surface area contributed by atoms with E-state index in [9.17, 15) is 19.2 Å². The second-order valence-corrected chi connectivity index (χ2v) is 4.67. The second kappa shape index (κ2) is 6.31. The van der Waals surface area contributed by atoms with Crippen LogP contribution in [0.15, 0.2) is 23.1 Å². The Morgan fingerprint density at radius 3 is 2.81 bits per heavy atom. The topological polar surface area (TPSA) is 123 Å². The summed E-state index contributed by atoms with van der Waals surface area (Å²) in [6, 6.07) is 1.83. The first-order chi connectivity index (χ1) is 10.0. The monoisotopic (exact) mass is 292 g/mol. The molecule has 2 heterocycles. The van der Waals surface area contributed by atoms with Crippen molar-refractivity contribution >= 4 is 17.7 Å². The van der Waals surface area contributed by atoms with E-state index < -0.39 is 17.5 Å². The Kier molecular flexibility index (Phi) is 4.49. The van der Waals surface area contributed by atoms with Gasteiger partial charge >= 0.3 is 0 Å². The van der Waals surface area contributed by atoms with Crippen molar-refractivity contribution in [1.29, 1.82) is 0 Å². The molecule has 2 rings (SSSR count). The minimum atomic E-state index is -0.780. The van der Waals surface area contributed by atoms with Crippen LogP contribution < -0.4 is 21.9 Å². The van der Waals surface area contributed by atoms with Crippen LogP contribution in [0.1, 0.15) is 29.2 Å². The van der Waals surface area contributed by atoms with E-state index in [0.717, 1.165) is 0 Å². The molecule has 1 atom stereocenters. The van der Waals surface area contributed by atoms with E-state index in [1.807, 2.05) is 0 Å². The van der Waals surface area contributed by atoms with E-state index in [1.54, 1.807) is 0 Å². The number of pyridine rings is 1. The number of nitrogens with one attached hydrogen (secondary N) is 2. The molecule has 0 bridgehead atoms. The number of hydrogen-bond donors (Lipinski definition) is 3. The third kappa shape index (κ3) is 3.34. The molecule has 0 radical (unpaired) electrons. The molecule has 1 aliphatic rings. The van der Waals surface area contributed by atoms with Gasteiger partial charge in [0.1, 0.15) is 6.04 Å². The lowest BCUT2D eigenvalue weighted by atomic mass is 10.1. The molecule has 1 aromatic heterocycles. The van der Waals surface area contributed by atoms with Crippen molar-refractivity contribution in [2.75, 3.05) is 13.1 Å². The number of aromatic nitrogens is 1. The van der Waals surface area contributed by atoms with Gasteiger partial charge in [0.05, 0.1) is 5.56 Å². The van der Waals surface area contributed by atoms with Crippen LogP contribution in [-0.2, 0) is 9.59 Å². The molecule has 1 saturated heterocycles. The Morgan fingerprint density at radius 1 is 1.38 bits per heavy atom. The maximum atomic E-state index is 11.9. The highest BCUT2D eigenvalue weighted by Gasteiger charge is 2.28. The molecule has 1 aromatic rings. The molecule has 0 aliphatic carbocycles. The molecule has 1 fully saturated rings. The molecule has 3 amide bonds. The van der Waals surface area contributed by atoms with Gasteiger partial charge in [-0.25, -0.2) is 0 Å². The maximum absolute atomic E-state index is 11.9.